The average molecular weight is 783 g/mol. The second-order valence-corrected chi connectivity index (χ2v) is 18.0. The van der Waals surface area contributed by atoms with E-state index in [-0.39, 0.29) is 5.41 Å². The summed E-state index contributed by atoms with van der Waals surface area (Å²) in [6, 6.07) is 72.3. The normalized spacial score (nSPS) is 13.3. The van der Waals surface area contributed by atoms with Gasteiger partial charge < -0.3 is 9.13 Å². The Morgan fingerprint density at radius 3 is 1.63 bits per heavy atom. The first kappa shape index (κ1) is 33.7. The molecule has 13 rings (SSSR count). The van der Waals surface area contributed by atoms with Crippen LogP contribution in [0.4, 0.5) is 0 Å². The Hall–Kier alpha value is -7.20. The maximum Gasteiger partial charge on any atom is 0.0541 e. The van der Waals surface area contributed by atoms with Gasteiger partial charge in [-0.1, -0.05) is 141 Å². The van der Waals surface area contributed by atoms with Crippen molar-refractivity contribution in [3.63, 3.8) is 0 Å². The SMILES string of the molecule is CC1(C)c2ccccc2-c2ccc(-n3c4ccccc4c4cc(-c5ccc6c(c5)c5ccccc5n6-c5cccc(-c6cccc7c6sc6ccccc67)c5)ccc43)cc21. The van der Waals surface area contributed by atoms with Gasteiger partial charge >= 0.3 is 0 Å². The lowest BCUT2D eigenvalue weighted by Gasteiger charge is -2.22. The van der Waals surface area contributed by atoms with Gasteiger partial charge in [-0.2, -0.15) is 0 Å². The van der Waals surface area contributed by atoms with Crippen LogP contribution in [-0.2, 0) is 5.41 Å². The molecule has 0 aliphatic heterocycles. The lowest BCUT2D eigenvalue weighted by molar-refractivity contribution is 0.660. The minimum absolute atomic E-state index is 0.0628. The van der Waals surface area contributed by atoms with Gasteiger partial charge in [-0.3, -0.25) is 0 Å². The van der Waals surface area contributed by atoms with Gasteiger partial charge in [0.15, 0.2) is 0 Å². The molecule has 9 aromatic carbocycles. The number of fused-ring (bicyclic) bond motifs is 12. The van der Waals surface area contributed by atoms with Crippen LogP contribution < -0.4 is 0 Å². The molecule has 0 bridgehead atoms. The summed E-state index contributed by atoms with van der Waals surface area (Å²) in [6.45, 7) is 4.72. The summed E-state index contributed by atoms with van der Waals surface area (Å²) in [4.78, 5) is 0. The highest BCUT2D eigenvalue weighted by Gasteiger charge is 2.35. The minimum atomic E-state index is -0.0628. The second kappa shape index (κ2) is 12.4. The van der Waals surface area contributed by atoms with Crippen LogP contribution >= 0.6 is 11.3 Å². The van der Waals surface area contributed by atoms with Gasteiger partial charge in [-0.25, -0.2) is 0 Å². The molecule has 60 heavy (non-hydrogen) atoms. The number of nitrogens with zero attached hydrogens (tertiary/aromatic N) is 2. The molecule has 3 heterocycles. The van der Waals surface area contributed by atoms with Crippen LogP contribution in [0.3, 0.4) is 0 Å². The standard InChI is InChI=1S/C57H38N2S/c1-57(2)49-21-7-3-15-41(49)42-28-27-39(34-50(42)57)59-52-23-9-5-17-44(52)48-33-36(26-30-54(48)59)35-25-29-53-47(32-35)43-16-4-8-22-51(43)58(53)38-14-11-13-37(31-38)40-19-12-20-46-45-18-6-10-24-55(45)60-56(40)46/h3-34H,1-2H3. The van der Waals surface area contributed by atoms with Crippen LogP contribution in [0.1, 0.15) is 25.0 Å². The molecule has 0 saturated heterocycles. The minimum Gasteiger partial charge on any atom is -0.309 e. The van der Waals surface area contributed by atoms with E-state index < -0.39 is 0 Å². The summed E-state index contributed by atoms with van der Waals surface area (Å²) in [5.41, 5.74) is 17.6. The lowest BCUT2D eigenvalue weighted by atomic mass is 9.82. The zero-order valence-electron chi connectivity index (χ0n) is 33.3. The fourth-order valence-corrected chi connectivity index (χ4v) is 11.7. The van der Waals surface area contributed by atoms with E-state index >= 15 is 0 Å². The maximum atomic E-state index is 2.46. The van der Waals surface area contributed by atoms with Gasteiger partial charge in [0.2, 0.25) is 0 Å². The topological polar surface area (TPSA) is 9.86 Å². The molecule has 1 aliphatic carbocycles. The van der Waals surface area contributed by atoms with Gasteiger partial charge in [0.1, 0.15) is 0 Å². The summed E-state index contributed by atoms with van der Waals surface area (Å²) in [6.07, 6.45) is 0. The zero-order valence-corrected chi connectivity index (χ0v) is 34.1. The van der Waals surface area contributed by atoms with Gasteiger partial charge in [-0.15, -0.1) is 11.3 Å². The van der Waals surface area contributed by atoms with E-state index in [0.29, 0.717) is 0 Å². The Bertz CT molecular complexity index is 3760. The summed E-state index contributed by atoms with van der Waals surface area (Å²) < 4.78 is 7.56. The molecule has 282 valence electrons. The number of rotatable bonds is 4. The molecular formula is C57H38N2S. The third-order valence-corrected chi connectivity index (χ3v) is 14.5. The molecular weight excluding hydrogens is 745 g/mol. The van der Waals surface area contributed by atoms with Crippen LogP contribution in [0.25, 0.3) is 109 Å². The predicted molar refractivity (Wildman–Crippen MR) is 256 cm³/mol. The number of benzene rings is 9. The number of hydrogen-bond donors (Lipinski definition) is 0. The molecule has 2 nitrogen and oxygen atoms in total. The van der Waals surface area contributed by atoms with Crippen molar-refractivity contribution in [2.75, 3.05) is 0 Å². The smallest absolute Gasteiger partial charge is 0.0541 e. The molecule has 3 aromatic heterocycles. The molecule has 1 aliphatic rings. The van der Waals surface area contributed by atoms with Gasteiger partial charge in [0, 0.05) is 58.5 Å². The van der Waals surface area contributed by atoms with E-state index in [1.165, 1.54) is 114 Å². The number of hydrogen-bond acceptors (Lipinski definition) is 1. The van der Waals surface area contributed by atoms with E-state index in [0.717, 1.165) is 5.69 Å². The van der Waals surface area contributed by atoms with Gasteiger partial charge in [0.25, 0.3) is 0 Å². The summed E-state index contributed by atoms with van der Waals surface area (Å²) >= 11 is 1.89. The quantitative estimate of drug-likeness (QED) is 0.168. The Labute approximate surface area is 351 Å². The van der Waals surface area contributed by atoms with E-state index in [1.54, 1.807) is 0 Å². The molecule has 0 spiro atoms. The lowest BCUT2D eigenvalue weighted by Crippen LogP contribution is -2.15. The molecule has 3 heteroatoms. The molecule has 0 fully saturated rings. The van der Waals surface area contributed by atoms with E-state index in [2.05, 4.69) is 217 Å². The van der Waals surface area contributed by atoms with E-state index in [4.69, 9.17) is 0 Å². The Morgan fingerprint density at radius 2 is 0.900 bits per heavy atom. The van der Waals surface area contributed by atoms with Crippen LogP contribution in [0.2, 0.25) is 0 Å². The van der Waals surface area contributed by atoms with Crippen LogP contribution in [0.15, 0.2) is 194 Å². The first-order valence-corrected chi connectivity index (χ1v) is 21.7. The van der Waals surface area contributed by atoms with Crippen molar-refractivity contribution in [3.8, 4) is 44.8 Å². The fraction of sp³-hybridized carbons (Fsp3) is 0.0526. The van der Waals surface area contributed by atoms with Gasteiger partial charge in [-0.05, 0) is 111 Å². The third kappa shape index (κ3) is 4.70. The highest BCUT2D eigenvalue weighted by atomic mass is 32.1. The molecule has 0 N–H and O–H groups in total. The van der Waals surface area contributed by atoms with Crippen molar-refractivity contribution in [3.05, 3.63) is 205 Å². The number of para-hydroxylation sites is 2. The highest BCUT2D eigenvalue weighted by molar-refractivity contribution is 7.26. The average Bonchev–Trinajstić information content (AvgIpc) is 4.01. The number of aromatic nitrogens is 2. The van der Waals surface area contributed by atoms with Crippen molar-refractivity contribution >= 4 is 75.1 Å². The van der Waals surface area contributed by atoms with Crippen molar-refractivity contribution in [1.82, 2.24) is 9.13 Å². The molecule has 0 unspecified atom stereocenters. The predicted octanol–water partition coefficient (Wildman–Crippen LogP) is 15.9. The maximum absolute atomic E-state index is 2.46. The Balaban J connectivity index is 0.939. The number of thiophene rings is 1. The first-order chi connectivity index (χ1) is 29.5. The van der Waals surface area contributed by atoms with Crippen LogP contribution in [0, 0.1) is 0 Å². The monoisotopic (exact) mass is 782 g/mol. The van der Waals surface area contributed by atoms with Crippen molar-refractivity contribution < 1.29 is 0 Å². The zero-order chi connectivity index (χ0) is 39.7. The summed E-state index contributed by atoms with van der Waals surface area (Å²) in [7, 11) is 0. The Morgan fingerprint density at radius 1 is 0.350 bits per heavy atom. The van der Waals surface area contributed by atoms with Crippen molar-refractivity contribution in [2.24, 2.45) is 0 Å². The summed E-state index contributed by atoms with van der Waals surface area (Å²) in [5.74, 6) is 0. The molecule has 12 aromatic rings. The first-order valence-electron chi connectivity index (χ1n) is 20.8. The van der Waals surface area contributed by atoms with Crippen molar-refractivity contribution in [2.45, 2.75) is 19.3 Å². The molecule has 0 atom stereocenters. The van der Waals surface area contributed by atoms with Crippen molar-refractivity contribution in [1.29, 1.82) is 0 Å². The highest BCUT2D eigenvalue weighted by Crippen LogP contribution is 2.50. The fourth-order valence-electron chi connectivity index (χ4n) is 10.5. The molecule has 0 amide bonds. The molecule has 0 radical (unpaired) electrons. The van der Waals surface area contributed by atoms with Crippen LogP contribution in [0.5, 0.6) is 0 Å². The van der Waals surface area contributed by atoms with E-state index in [1.807, 2.05) is 11.3 Å². The Kier molecular flexibility index (Phi) is 6.98. The van der Waals surface area contributed by atoms with Gasteiger partial charge in [0.05, 0.1) is 22.1 Å². The second-order valence-electron chi connectivity index (χ2n) is 16.9. The largest absolute Gasteiger partial charge is 0.309 e. The summed E-state index contributed by atoms with van der Waals surface area (Å²) in [5, 5.41) is 7.69. The van der Waals surface area contributed by atoms with Crippen LogP contribution in [-0.4, -0.2) is 9.13 Å². The van der Waals surface area contributed by atoms with E-state index in [9.17, 15) is 0 Å². The molecule has 0 saturated carbocycles. The third-order valence-electron chi connectivity index (χ3n) is 13.3.